The fraction of sp³-hybridized carbons (Fsp3) is 0.222. The standard InChI is InChI=1S/C18H15F3N2O3/c19-18(20,21)26-14-7-5-11(6-8-14)17(25)23-10-13-4-2-1-3-12(13)9-15(23)16(22)24/h1-8,15H,9-10H2,(H2,22,24)/t15-/m1/s1. The molecular formula is C18H15F3N2O3. The lowest BCUT2D eigenvalue weighted by molar-refractivity contribution is -0.274. The molecule has 0 aliphatic carbocycles. The zero-order valence-electron chi connectivity index (χ0n) is 13.5. The molecule has 1 atom stereocenters. The Balaban J connectivity index is 1.84. The van der Waals surface area contributed by atoms with Crippen molar-refractivity contribution in [2.45, 2.75) is 25.4 Å². The first-order chi connectivity index (χ1) is 12.2. The third-order valence-electron chi connectivity index (χ3n) is 4.17. The van der Waals surface area contributed by atoms with Crippen LogP contribution in [0.5, 0.6) is 5.75 Å². The van der Waals surface area contributed by atoms with E-state index < -0.39 is 30.0 Å². The quantitative estimate of drug-likeness (QED) is 0.910. The average molecular weight is 364 g/mol. The second-order valence-electron chi connectivity index (χ2n) is 5.90. The molecule has 0 unspecified atom stereocenters. The number of hydrogen-bond acceptors (Lipinski definition) is 3. The Hall–Kier alpha value is -3.03. The molecule has 0 aromatic heterocycles. The second kappa shape index (κ2) is 6.70. The zero-order chi connectivity index (χ0) is 18.9. The van der Waals surface area contributed by atoms with Gasteiger partial charge in [-0.3, -0.25) is 9.59 Å². The van der Waals surface area contributed by atoms with E-state index in [4.69, 9.17) is 5.73 Å². The maximum Gasteiger partial charge on any atom is 0.573 e. The van der Waals surface area contributed by atoms with Crippen molar-refractivity contribution in [2.24, 2.45) is 5.73 Å². The van der Waals surface area contributed by atoms with Gasteiger partial charge >= 0.3 is 6.36 Å². The molecule has 8 heteroatoms. The molecule has 0 saturated carbocycles. The SMILES string of the molecule is NC(=O)[C@H]1Cc2ccccc2CN1C(=O)c1ccc(OC(F)(F)F)cc1. The third kappa shape index (κ3) is 3.79. The maximum absolute atomic E-state index is 12.8. The van der Waals surface area contributed by atoms with E-state index in [-0.39, 0.29) is 12.1 Å². The smallest absolute Gasteiger partial charge is 0.406 e. The molecule has 0 spiro atoms. The number of primary amides is 1. The van der Waals surface area contributed by atoms with Crippen LogP contribution in [0.2, 0.25) is 0 Å². The highest BCUT2D eigenvalue weighted by Crippen LogP contribution is 2.27. The topological polar surface area (TPSA) is 72.6 Å². The Morgan fingerprint density at radius 2 is 1.65 bits per heavy atom. The summed E-state index contributed by atoms with van der Waals surface area (Å²) in [5.41, 5.74) is 7.43. The minimum Gasteiger partial charge on any atom is -0.406 e. The molecule has 2 amide bonds. The van der Waals surface area contributed by atoms with Crippen LogP contribution in [0.3, 0.4) is 0 Å². The Bertz CT molecular complexity index is 834. The van der Waals surface area contributed by atoms with E-state index in [0.717, 1.165) is 23.3 Å². The highest BCUT2D eigenvalue weighted by atomic mass is 19.4. The van der Waals surface area contributed by atoms with Crippen LogP contribution in [0.25, 0.3) is 0 Å². The number of nitrogens with zero attached hydrogens (tertiary/aromatic N) is 1. The lowest BCUT2D eigenvalue weighted by Crippen LogP contribution is -2.51. The lowest BCUT2D eigenvalue weighted by Gasteiger charge is -2.35. The summed E-state index contributed by atoms with van der Waals surface area (Å²) in [4.78, 5) is 25.9. The predicted molar refractivity (Wildman–Crippen MR) is 86.1 cm³/mol. The first-order valence-electron chi connectivity index (χ1n) is 7.77. The van der Waals surface area contributed by atoms with Crippen molar-refractivity contribution in [3.8, 4) is 5.75 Å². The summed E-state index contributed by atoms with van der Waals surface area (Å²) in [7, 11) is 0. The highest BCUT2D eigenvalue weighted by Gasteiger charge is 2.34. The van der Waals surface area contributed by atoms with Crippen molar-refractivity contribution in [2.75, 3.05) is 0 Å². The van der Waals surface area contributed by atoms with Gasteiger partial charge in [-0.05, 0) is 35.4 Å². The van der Waals surface area contributed by atoms with Gasteiger partial charge in [0, 0.05) is 18.5 Å². The fourth-order valence-electron chi connectivity index (χ4n) is 2.96. The molecule has 0 fully saturated rings. The third-order valence-corrected chi connectivity index (χ3v) is 4.17. The first-order valence-corrected chi connectivity index (χ1v) is 7.77. The molecule has 2 aromatic rings. The largest absolute Gasteiger partial charge is 0.573 e. The summed E-state index contributed by atoms with van der Waals surface area (Å²) in [5, 5.41) is 0. The molecule has 2 N–H and O–H groups in total. The van der Waals surface area contributed by atoms with Crippen molar-refractivity contribution in [3.63, 3.8) is 0 Å². The summed E-state index contributed by atoms with van der Waals surface area (Å²) in [6.07, 6.45) is -4.51. The van der Waals surface area contributed by atoms with Gasteiger partial charge in [0.2, 0.25) is 5.91 Å². The Labute approximate surface area is 147 Å². The predicted octanol–water partition coefficient (Wildman–Crippen LogP) is 2.64. The van der Waals surface area contributed by atoms with Crippen LogP contribution in [-0.2, 0) is 17.8 Å². The summed E-state index contributed by atoms with van der Waals surface area (Å²) < 4.78 is 40.5. The molecule has 1 heterocycles. The van der Waals surface area contributed by atoms with Crippen molar-refractivity contribution in [1.29, 1.82) is 0 Å². The number of rotatable bonds is 3. The van der Waals surface area contributed by atoms with Gasteiger partial charge in [-0.15, -0.1) is 13.2 Å². The van der Waals surface area contributed by atoms with Crippen LogP contribution < -0.4 is 10.5 Å². The molecular weight excluding hydrogens is 349 g/mol. The molecule has 0 radical (unpaired) electrons. The van der Waals surface area contributed by atoms with Crippen molar-refractivity contribution >= 4 is 11.8 Å². The summed E-state index contributed by atoms with van der Waals surface area (Å²) in [5.74, 6) is -1.55. The van der Waals surface area contributed by atoms with Crippen molar-refractivity contribution in [3.05, 3.63) is 65.2 Å². The van der Waals surface area contributed by atoms with E-state index in [1.54, 1.807) is 0 Å². The summed E-state index contributed by atoms with van der Waals surface area (Å²) >= 11 is 0. The van der Waals surface area contributed by atoms with Crippen LogP contribution >= 0.6 is 0 Å². The normalized spacial score (nSPS) is 16.7. The Morgan fingerprint density at radius 3 is 2.23 bits per heavy atom. The lowest BCUT2D eigenvalue weighted by atomic mass is 9.93. The number of ether oxygens (including phenoxy) is 1. The van der Waals surface area contributed by atoms with E-state index in [0.29, 0.717) is 6.42 Å². The number of benzene rings is 2. The van der Waals surface area contributed by atoms with Crippen LogP contribution in [0.1, 0.15) is 21.5 Å². The monoisotopic (exact) mass is 364 g/mol. The van der Waals surface area contributed by atoms with Gasteiger partial charge in [0.1, 0.15) is 11.8 Å². The first kappa shape index (κ1) is 17.8. The van der Waals surface area contributed by atoms with Crippen LogP contribution in [-0.4, -0.2) is 29.1 Å². The highest BCUT2D eigenvalue weighted by molar-refractivity contribution is 5.97. The van der Waals surface area contributed by atoms with Gasteiger partial charge in [-0.25, -0.2) is 0 Å². The molecule has 26 heavy (non-hydrogen) atoms. The van der Waals surface area contributed by atoms with E-state index in [9.17, 15) is 22.8 Å². The van der Waals surface area contributed by atoms with E-state index >= 15 is 0 Å². The zero-order valence-corrected chi connectivity index (χ0v) is 13.5. The number of nitrogens with two attached hydrogens (primary N) is 1. The molecule has 0 bridgehead atoms. The van der Waals surface area contributed by atoms with Crippen LogP contribution in [0.4, 0.5) is 13.2 Å². The minimum absolute atomic E-state index is 0.144. The number of carbonyl (C=O) groups is 2. The van der Waals surface area contributed by atoms with E-state index in [2.05, 4.69) is 4.74 Å². The second-order valence-corrected chi connectivity index (χ2v) is 5.90. The summed E-state index contributed by atoms with van der Waals surface area (Å²) in [6, 6.07) is 11.1. The average Bonchev–Trinajstić information content (AvgIpc) is 2.59. The van der Waals surface area contributed by atoms with Gasteiger partial charge in [0.25, 0.3) is 5.91 Å². The van der Waals surface area contributed by atoms with Gasteiger partial charge in [0.05, 0.1) is 0 Å². The molecule has 0 saturated heterocycles. The molecule has 5 nitrogen and oxygen atoms in total. The number of hydrogen-bond donors (Lipinski definition) is 1. The molecule has 2 aromatic carbocycles. The van der Waals surface area contributed by atoms with Crippen LogP contribution in [0, 0.1) is 0 Å². The van der Waals surface area contributed by atoms with Gasteiger partial charge < -0.3 is 15.4 Å². The molecule has 1 aliphatic rings. The summed E-state index contributed by atoms with van der Waals surface area (Å²) in [6.45, 7) is 0.198. The Kier molecular flexibility index (Phi) is 4.58. The van der Waals surface area contributed by atoms with Gasteiger partial charge in [-0.1, -0.05) is 24.3 Å². The van der Waals surface area contributed by atoms with Crippen molar-refractivity contribution in [1.82, 2.24) is 4.90 Å². The van der Waals surface area contributed by atoms with Crippen molar-refractivity contribution < 1.29 is 27.5 Å². The number of fused-ring (bicyclic) bond motifs is 1. The number of halogens is 3. The maximum atomic E-state index is 12.8. The van der Waals surface area contributed by atoms with Gasteiger partial charge in [-0.2, -0.15) is 0 Å². The van der Waals surface area contributed by atoms with E-state index in [1.165, 1.54) is 17.0 Å². The van der Waals surface area contributed by atoms with E-state index in [1.807, 2.05) is 24.3 Å². The number of carbonyl (C=O) groups excluding carboxylic acids is 2. The molecule has 1 aliphatic heterocycles. The Morgan fingerprint density at radius 1 is 1.04 bits per heavy atom. The molecule has 3 rings (SSSR count). The van der Waals surface area contributed by atoms with Gasteiger partial charge in [0.15, 0.2) is 0 Å². The van der Waals surface area contributed by atoms with Crippen LogP contribution in [0.15, 0.2) is 48.5 Å². The number of amides is 2. The molecule has 136 valence electrons. The minimum atomic E-state index is -4.81. The number of alkyl halides is 3. The fourth-order valence-corrected chi connectivity index (χ4v) is 2.96.